The Labute approximate surface area is 124 Å². The highest BCUT2D eigenvalue weighted by molar-refractivity contribution is 7.89. The molecule has 20 heavy (non-hydrogen) atoms. The number of hydrogen-bond donors (Lipinski definition) is 1. The van der Waals surface area contributed by atoms with E-state index in [-0.39, 0.29) is 23.6 Å². The van der Waals surface area contributed by atoms with Crippen LogP contribution in [0.3, 0.4) is 0 Å². The molecule has 0 amide bonds. The largest absolute Gasteiger partial charge is 0.381 e. The maximum Gasteiger partial charge on any atom is 0.243 e. The predicted octanol–water partition coefficient (Wildman–Crippen LogP) is 1.47. The van der Waals surface area contributed by atoms with Gasteiger partial charge in [0.1, 0.15) is 0 Å². The Morgan fingerprint density at radius 3 is 2.60 bits per heavy atom. The standard InChI is InChI=1S/C13H19ClN2O3S/c1-19-12-6-7-16(11(8-12)9-15)20(17,18)13-4-2-10(14)3-5-13/h2-5,11-12H,6-9,15H2,1H3. The minimum atomic E-state index is -3.53. The molecular weight excluding hydrogens is 300 g/mol. The highest BCUT2D eigenvalue weighted by atomic mass is 35.5. The van der Waals surface area contributed by atoms with Crippen molar-refractivity contribution >= 4 is 21.6 Å². The van der Waals surface area contributed by atoms with Gasteiger partial charge in [-0.05, 0) is 37.1 Å². The van der Waals surface area contributed by atoms with Gasteiger partial charge < -0.3 is 10.5 Å². The molecule has 2 unspecified atom stereocenters. The fraction of sp³-hybridized carbons (Fsp3) is 0.538. The first-order chi connectivity index (χ1) is 9.48. The smallest absolute Gasteiger partial charge is 0.243 e. The van der Waals surface area contributed by atoms with Crippen molar-refractivity contribution in [3.05, 3.63) is 29.3 Å². The molecule has 2 atom stereocenters. The Morgan fingerprint density at radius 2 is 2.05 bits per heavy atom. The predicted molar refractivity (Wildman–Crippen MR) is 78.2 cm³/mol. The second-order valence-electron chi connectivity index (χ2n) is 4.84. The number of sulfonamides is 1. The maximum atomic E-state index is 12.6. The van der Waals surface area contributed by atoms with E-state index in [1.807, 2.05) is 0 Å². The molecule has 0 aliphatic carbocycles. The monoisotopic (exact) mass is 318 g/mol. The molecule has 1 saturated heterocycles. The molecule has 0 bridgehead atoms. The third kappa shape index (κ3) is 3.15. The number of rotatable bonds is 4. The van der Waals surface area contributed by atoms with E-state index in [9.17, 15) is 8.42 Å². The molecule has 7 heteroatoms. The third-order valence-electron chi connectivity index (χ3n) is 3.64. The number of nitrogens with zero attached hydrogens (tertiary/aromatic N) is 1. The zero-order chi connectivity index (χ0) is 14.8. The van der Waals surface area contributed by atoms with Crippen LogP contribution in [-0.2, 0) is 14.8 Å². The number of nitrogens with two attached hydrogens (primary N) is 1. The molecule has 5 nitrogen and oxygen atoms in total. The van der Waals surface area contributed by atoms with Crippen LogP contribution in [0.25, 0.3) is 0 Å². The molecular formula is C13H19ClN2O3S. The fourth-order valence-electron chi connectivity index (χ4n) is 2.48. The van der Waals surface area contributed by atoms with E-state index >= 15 is 0 Å². The fourth-order valence-corrected chi connectivity index (χ4v) is 4.27. The summed E-state index contributed by atoms with van der Waals surface area (Å²) in [4.78, 5) is 0.246. The van der Waals surface area contributed by atoms with Gasteiger partial charge in [-0.2, -0.15) is 4.31 Å². The summed E-state index contributed by atoms with van der Waals surface area (Å²) in [5.41, 5.74) is 5.73. The lowest BCUT2D eigenvalue weighted by molar-refractivity contribution is 0.0401. The Balaban J connectivity index is 2.26. The highest BCUT2D eigenvalue weighted by Crippen LogP contribution is 2.26. The van der Waals surface area contributed by atoms with E-state index in [4.69, 9.17) is 22.1 Å². The molecule has 0 saturated carbocycles. The van der Waals surface area contributed by atoms with Crippen LogP contribution in [0.2, 0.25) is 5.02 Å². The van der Waals surface area contributed by atoms with E-state index in [0.29, 0.717) is 24.4 Å². The summed E-state index contributed by atoms with van der Waals surface area (Å²) in [6.07, 6.45) is 1.37. The Morgan fingerprint density at radius 1 is 1.40 bits per heavy atom. The Bertz CT molecular complexity index is 547. The highest BCUT2D eigenvalue weighted by Gasteiger charge is 2.36. The lowest BCUT2D eigenvalue weighted by Crippen LogP contribution is -2.51. The maximum absolute atomic E-state index is 12.6. The molecule has 112 valence electrons. The van der Waals surface area contributed by atoms with Gasteiger partial charge in [-0.25, -0.2) is 8.42 Å². The molecule has 1 aliphatic rings. The molecule has 1 aromatic rings. The van der Waals surface area contributed by atoms with Crippen LogP contribution in [0.1, 0.15) is 12.8 Å². The number of piperidine rings is 1. The van der Waals surface area contributed by atoms with Gasteiger partial charge in [0.2, 0.25) is 10.0 Å². The zero-order valence-electron chi connectivity index (χ0n) is 11.3. The number of hydrogen-bond acceptors (Lipinski definition) is 4. The van der Waals surface area contributed by atoms with Crippen molar-refractivity contribution < 1.29 is 13.2 Å². The number of ether oxygens (including phenoxy) is 1. The minimum absolute atomic E-state index is 0.0696. The molecule has 2 N–H and O–H groups in total. The van der Waals surface area contributed by atoms with Crippen LogP contribution in [-0.4, -0.2) is 45.1 Å². The number of methoxy groups -OCH3 is 1. The van der Waals surface area contributed by atoms with Crippen molar-refractivity contribution in [2.75, 3.05) is 20.2 Å². The second-order valence-corrected chi connectivity index (χ2v) is 7.17. The summed E-state index contributed by atoms with van der Waals surface area (Å²) in [6, 6.07) is 5.97. The summed E-state index contributed by atoms with van der Waals surface area (Å²) >= 11 is 5.80. The van der Waals surface area contributed by atoms with Crippen molar-refractivity contribution in [1.29, 1.82) is 0 Å². The van der Waals surface area contributed by atoms with Gasteiger partial charge in [-0.1, -0.05) is 11.6 Å². The van der Waals surface area contributed by atoms with E-state index in [1.54, 1.807) is 19.2 Å². The Hall–Kier alpha value is -0.660. The van der Waals surface area contributed by atoms with Crippen molar-refractivity contribution in [3.8, 4) is 0 Å². The molecule has 1 fully saturated rings. The van der Waals surface area contributed by atoms with Crippen molar-refractivity contribution in [2.24, 2.45) is 5.73 Å². The van der Waals surface area contributed by atoms with Crippen molar-refractivity contribution in [3.63, 3.8) is 0 Å². The zero-order valence-corrected chi connectivity index (χ0v) is 12.9. The van der Waals surface area contributed by atoms with Gasteiger partial charge in [0.25, 0.3) is 0 Å². The van der Waals surface area contributed by atoms with Gasteiger partial charge in [0.15, 0.2) is 0 Å². The molecule has 0 aromatic heterocycles. The van der Waals surface area contributed by atoms with Crippen molar-refractivity contribution in [1.82, 2.24) is 4.31 Å². The molecule has 0 spiro atoms. The van der Waals surface area contributed by atoms with Gasteiger partial charge in [-0.3, -0.25) is 0 Å². The number of benzene rings is 1. The lowest BCUT2D eigenvalue weighted by Gasteiger charge is -2.37. The van der Waals surface area contributed by atoms with Crippen LogP contribution in [0, 0.1) is 0 Å². The van der Waals surface area contributed by atoms with Crippen LogP contribution < -0.4 is 5.73 Å². The topological polar surface area (TPSA) is 72.6 Å². The molecule has 1 aromatic carbocycles. The van der Waals surface area contributed by atoms with E-state index in [2.05, 4.69) is 0 Å². The Kier molecular flexibility index (Phi) is 5.04. The average molecular weight is 319 g/mol. The molecule has 1 heterocycles. The van der Waals surface area contributed by atoms with Gasteiger partial charge in [0.05, 0.1) is 11.0 Å². The summed E-state index contributed by atoms with van der Waals surface area (Å²) in [5.74, 6) is 0. The first kappa shape index (κ1) is 15.7. The SMILES string of the molecule is COC1CCN(S(=O)(=O)c2ccc(Cl)cc2)C(CN)C1. The second kappa shape index (κ2) is 6.41. The molecule has 0 radical (unpaired) electrons. The summed E-state index contributed by atoms with van der Waals surface area (Å²) in [7, 11) is -1.89. The van der Waals surface area contributed by atoms with Crippen molar-refractivity contribution in [2.45, 2.75) is 29.9 Å². The van der Waals surface area contributed by atoms with E-state index in [0.717, 1.165) is 0 Å². The van der Waals surface area contributed by atoms with Gasteiger partial charge in [0, 0.05) is 31.3 Å². The number of halogens is 1. The van der Waals surface area contributed by atoms with Crippen LogP contribution >= 0.6 is 11.6 Å². The lowest BCUT2D eigenvalue weighted by atomic mass is 10.0. The van der Waals surface area contributed by atoms with Gasteiger partial charge >= 0.3 is 0 Å². The summed E-state index contributed by atoms with van der Waals surface area (Å²) in [6.45, 7) is 0.706. The minimum Gasteiger partial charge on any atom is -0.381 e. The van der Waals surface area contributed by atoms with Gasteiger partial charge in [-0.15, -0.1) is 0 Å². The van der Waals surface area contributed by atoms with Crippen LogP contribution in [0.15, 0.2) is 29.2 Å². The van der Waals surface area contributed by atoms with Crippen LogP contribution in [0.5, 0.6) is 0 Å². The van der Waals surface area contributed by atoms with E-state index in [1.165, 1.54) is 16.4 Å². The normalized spacial score (nSPS) is 24.8. The van der Waals surface area contributed by atoms with Crippen LogP contribution in [0.4, 0.5) is 0 Å². The summed E-state index contributed by atoms with van der Waals surface area (Å²) in [5, 5.41) is 0.511. The quantitative estimate of drug-likeness (QED) is 0.912. The third-order valence-corrected chi connectivity index (χ3v) is 5.86. The molecule has 2 rings (SSSR count). The molecule has 1 aliphatic heterocycles. The van der Waals surface area contributed by atoms with E-state index < -0.39 is 10.0 Å². The first-order valence-corrected chi connectivity index (χ1v) is 8.31. The average Bonchev–Trinajstić information content (AvgIpc) is 2.46. The summed E-state index contributed by atoms with van der Waals surface area (Å²) < 4.78 is 32.1. The first-order valence-electron chi connectivity index (χ1n) is 6.49.